The average Bonchev–Trinajstić information content (AvgIpc) is 3.37. The number of carbonyl (C=O) groups excluding carboxylic acids is 1. The van der Waals surface area contributed by atoms with Gasteiger partial charge in [-0.05, 0) is 28.7 Å². The zero-order valence-corrected chi connectivity index (χ0v) is 16.6. The van der Waals surface area contributed by atoms with Crippen LogP contribution in [0.5, 0.6) is 0 Å². The fourth-order valence-corrected chi connectivity index (χ4v) is 5.80. The third-order valence-corrected chi connectivity index (χ3v) is 7.49. The number of alkyl carbamates (subject to hydrolysis) is 1. The second kappa shape index (κ2) is 6.88. The second-order valence-corrected chi connectivity index (χ2v) is 9.89. The first-order valence-electron chi connectivity index (χ1n) is 9.25. The van der Waals surface area contributed by atoms with Gasteiger partial charge in [0.25, 0.3) is 0 Å². The van der Waals surface area contributed by atoms with Gasteiger partial charge in [0.15, 0.2) is 9.84 Å². The number of rotatable bonds is 6. The highest BCUT2D eigenvalue weighted by Gasteiger charge is 2.65. The molecule has 2 aromatic carbocycles. The number of fused-ring (bicyclic) bond motifs is 3. The molecule has 2 atom stereocenters. The summed E-state index contributed by atoms with van der Waals surface area (Å²) in [6.45, 7) is -0.174. The van der Waals surface area contributed by atoms with Crippen molar-refractivity contribution in [3.05, 3.63) is 59.7 Å². The first-order valence-corrected chi connectivity index (χ1v) is 11.2. The van der Waals surface area contributed by atoms with Gasteiger partial charge in [-0.1, -0.05) is 48.5 Å². The minimum Gasteiger partial charge on any atom is -0.481 e. The fraction of sp³-hybridized carbons (Fsp3) is 0.333. The number of sulfone groups is 1. The number of aliphatic carboxylic acids is 1. The van der Waals surface area contributed by atoms with Crippen molar-refractivity contribution in [3.63, 3.8) is 0 Å². The van der Waals surface area contributed by atoms with Crippen LogP contribution >= 0.6 is 0 Å². The van der Waals surface area contributed by atoms with Crippen LogP contribution in [-0.2, 0) is 19.4 Å². The molecule has 0 bridgehead atoms. The highest BCUT2D eigenvalue weighted by molar-refractivity contribution is 7.91. The summed E-state index contributed by atoms with van der Waals surface area (Å²) in [5.74, 6) is -1.34. The molecular formula is C21H21NO6S. The molecule has 2 aromatic rings. The zero-order valence-electron chi connectivity index (χ0n) is 15.8. The highest BCUT2D eigenvalue weighted by Crippen LogP contribution is 2.50. The minimum atomic E-state index is -3.50. The topological polar surface area (TPSA) is 110 Å². The monoisotopic (exact) mass is 415 g/mol. The number of benzene rings is 2. The molecule has 0 aliphatic heterocycles. The summed E-state index contributed by atoms with van der Waals surface area (Å²) in [7, 11) is -3.50. The molecule has 1 amide bonds. The molecule has 0 aromatic heterocycles. The number of carbonyl (C=O) groups is 2. The number of carboxylic acid groups (broad SMARTS) is 1. The predicted molar refractivity (Wildman–Crippen MR) is 106 cm³/mol. The molecule has 8 heteroatoms. The molecule has 1 fully saturated rings. The van der Waals surface area contributed by atoms with Crippen LogP contribution in [0.1, 0.15) is 23.5 Å². The van der Waals surface area contributed by atoms with Gasteiger partial charge in [-0.15, -0.1) is 0 Å². The molecule has 1 saturated carbocycles. The number of hydrogen-bond donors (Lipinski definition) is 2. The van der Waals surface area contributed by atoms with Crippen molar-refractivity contribution in [2.75, 3.05) is 19.4 Å². The van der Waals surface area contributed by atoms with E-state index in [1.807, 2.05) is 48.5 Å². The van der Waals surface area contributed by atoms with Crippen molar-refractivity contribution in [2.24, 2.45) is 5.41 Å². The van der Waals surface area contributed by atoms with Crippen molar-refractivity contribution >= 4 is 21.9 Å². The minimum absolute atomic E-state index is 0.00910. The Morgan fingerprint density at radius 3 is 2.14 bits per heavy atom. The van der Waals surface area contributed by atoms with Crippen LogP contribution in [0.15, 0.2) is 48.5 Å². The van der Waals surface area contributed by atoms with E-state index >= 15 is 0 Å². The molecule has 0 unspecified atom stereocenters. The van der Waals surface area contributed by atoms with Crippen molar-refractivity contribution in [3.8, 4) is 11.1 Å². The molecule has 4 rings (SSSR count). The van der Waals surface area contributed by atoms with E-state index < -0.39 is 32.6 Å². The Hall–Kier alpha value is -2.87. The summed E-state index contributed by atoms with van der Waals surface area (Å²) in [5, 5.41) is 10.9. The van der Waals surface area contributed by atoms with E-state index in [1.54, 1.807) is 0 Å². The molecule has 2 N–H and O–H groups in total. The SMILES string of the molecule is CS(=O)(=O)[C@@H]1C[C@@]1(CNC(=O)OCC1c2ccccc2-c2ccccc21)C(=O)O. The lowest BCUT2D eigenvalue weighted by atomic mass is 9.98. The number of hydrogen-bond acceptors (Lipinski definition) is 5. The summed E-state index contributed by atoms with van der Waals surface area (Å²) in [6, 6.07) is 15.9. The summed E-state index contributed by atoms with van der Waals surface area (Å²) in [5.41, 5.74) is 2.89. The summed E-state index contributed by atoms with van der Waals surface area (Å²) < 4.78 is 28.7. The molecule has 152 valence electrons. The Kier molecular flexibility index (Phi) is 4.61. The summed E-state index contributed by atoms with van der Waals surface area (Å²) in [4.78, 5) is 23.7. The second-order valence-electron chi connectivity index (χ2n) is 7.66. The van der Waals surface area contributed by atoms with Gasteiger partial charge in [0.1, 0.15) is 12.0 Å². The molecule has 0 saturated heterocycles. The lowest BCUT2D eigenvalue weighted by molar-refractivity contribution is -0.143. The third kappa shape index (κ3) is 3.37. The molecule has 2 aliphatic carbocycles. The van der Waals surface area contributed by atoms with E-state index in [4.69, 9.17) is 4.74 Å². The maximum Gasteiger partial charge on any atom is 0.407 e. The predicted octanol–water partition coefficient (Wildman–Crippen LogP) is 2.41. The van der Waals surface area contributed by atoms with E-state index in [0.29, 0.717) is 0 Å². The number of amides is 1. The zero-order chi connectivity index (χ0) is 20.8. The van der Waals surface area contributed by atoms with Crippen LogP contribution in [0.3, 0.4) is 0 Å². The lowest BCUT2D eigenvalue weighted by Gasteiger charge is -2.16. The van der Waals surface area contributed by atoms with Gasteiger partial charge < -0.3 is 15.2 Å². The molecule has 0 heterocycles. The van der Waals surface area contributed by atoms with Crippen LogP contribution < -0.4 is 5.32 Å². The standard InChI is InChI=1S/C21H21NO6S/c1-29(26,27)18-10-21(18,19(23)24)12-22-20(25)28-11-17-15-8-4-2-6-13(15)14-7-3-5-9-16(14)17/h2-9,17-18H,10-12H2,1H3,(H,22,25)(H,23,24)/t18-,21+/m1/s1. The van der Waals surface area contributed by atoms with Gasteiger partial charge in [0.2, 0.25) is 0 Å². The number of ether oxygens (including phenoxy) is 1. The van der Waals surface area contributed by atoms with E-state index in [9.17, 15) is 23.1 Å². The van der Waals surface area contributed by atoms with Gasteiger partial charge in [-0.3, -0.25) is 4.79 Å². The Labute approximate surface area is 168 Å². The average molecular weight is 415 g/mol. The van der Waals surface area contributed by atoms with Crippen molar-refractivity contribution in [1.29, 1.82) is 0 Å². The van der Waals surface area contributed by atoms with E-state index in [1.165, 1.54) is 0 Å². The number of carboxylic acids is 1. The van der Waals surface area contributed by atoms with Gasteiger partial charge >= 0.3 is 12.1 Å². The smallest absolute Gasteiger partial charge is 0.407 e. The molecule has 0 spiro atoms. The van der Waals surface area contributed by atoms with Crippen LogP contribution in [-0.4, -0.2) is 50.2 Å². The molecular weight excluding hydrogens is 394 g/mol. The molecule has 29 heavy (non-hydrogen) atoms. The third-order valence-electron chi connectivity index (χ3n) is 5.84. The Morgan fingerprint density at radius 2 is 1.66 bits per heavy atom. The van der Waals surface area contributed by atoms with E-state index in [0.717, 1.165) is 28.5 Å². The lowest BCUT2D eigenvalue weighted by Crippen LogP contribution is -2.38. The van der Waals surface area contributed by atoms with Crippen LogP contribution in [0.4, 0.5) is 4.79 Å². The molecule has 7 nitrogen and oxygen atoms in total. The largest absolute Gasteiger partial charge is 0.481 e. The quantitative estimate of drug-likeness (QED) is 0.750. The van der Waals surface area contributed by atoms with Crippen LogP contribution in [0.25, 0.3) is 11.1 Å². The number of nitrogens with one attached hydrogen (secondary N) is 1. The Balaban J connectivity index is 1.41. The Bertz CT molecular complexity index is 1050. The van der Waals surface area contributed by atoms with E-state index in [2.05, 4.69) is 5.32 Å². The molecule has 2 aliphatic rings. The van der Waals surface area contributed by atoms with E-state index in [-0.39, 0.29) is 25.5 Å². The first kappa shape index (κ1) is 19.4. The van der Waals surface area contributed by atoms with Gasteiger partial charge in [-0.2, -0.15) is 0 Å². The van der Waals surface area contributed by atoms with Crippen molar-refractivity contribution in [1.82, 2.24) is 5.32 Å². The summed E-state index contributed by atoms with van der Waals surface area (Å²) in [6.07, 6.45) is 0.243. The van der Waals surface area contributed by atoms with Crippen molar-refractivity contribution < 1.29 is 27.9 Å². The van der Waals surface area contributed by atoms with Gasteiger partial charge in [0.05, 0.1) is 5.25 Å². The van der Waals surface area contributed by atoms with Crippen molar-refractivity contribution in [2.45, 2.75) is 17.6 Å². The Morgan fingerprint density at radius 1 is 1.10 bits per heavy atom. The first-order chi connectivity index (χ1) is 13.7. The van der Waals surface area contributed by atoms with Gasteiger partial charge in [-0.25, -0.2) is 13.2 Å². The normalized spacial score (nSPS) is 22.4. The summed E-state index contributed by atoms with van der Waals surface area (Å²) >= 11 is 0. The van der Waals surface area contributed by atoms with Gasteiger partial charge in [0, 0.05) is 18.7 Å². The maximum absolute atomic E-state index is 12.2. The maximum atomic E-state index is 12.2. The fourth-order valence-electron chi connectivity index (χ4n) is 4.20. The van der Waals surface area contributed by atoms with Crippen LogP contribution in [0.2, 0.25) is 0 Å². The molecule has 0 radical (unpaired) electrons. The van der Waals surface area contributed by atoms with Crippen LogP contribution in [0, 0.1) is 5.41 Å². The highest BCUT2D eigenvalue weighted by atomic mass is 32.2.